The Labute approximate surface area is 163 Å². The van der Waals surface area contributed by atoms with Crippen molar-refractivity contribution < 1.29 is 14.3 Å². The Bertz CT molecular complexity index is 1020. The second-order valence-corrected chi connectivity index (χ2v) is 8.08. The maximum Gasteiger partial charge on any atom is 0.312 e. The van der Waals surface area contributed by atoms with Gasteiger partial charge in [0.1, 0.15) is 5.75 Å². The number of esters is 1. The van der Waals surface area contributed by atoms with Gasteiger partial charge in [0.2, 0.25) is 5.91 Å². The van der Waals surface area contributed by atoms with E-state index in [4.69, 9.17) is 4.74 Å². The van der Waals surface area contributed by atoms with Gasteiger partial charge in [-0.15, -0.1) is 11.8 Å². The molecule has 1 unspecified atom stereocenters. The molecule has 0 radical (unpaired) electrons. The van der Waals surface area contributed by atoms with E-state index in [0.717, 1.165) is 25.8 Å². The molecule has 4 nitrogen and oxygen atoms in total. The van der Waals surface area contributed by atoms with Crippen LogP contribution in [0.1, 0.15) is 6.42 Å². The number of ether oxygens (including phenoxy) is 1. The Morgan fingerprint density at radius 3 is 2.73 bits per heavy atom. The summed E-state index contributed by atoms with van der Waals surface area (Å²) in [7, 11) is 0. The molecule has 0 aromatic heterocycles. The summed E-state index contributed by atoms with van der Waals surface area (Å²) >= 11 is 4.83. The third-order valence-corrected chi connectivity index (χ3v) is 5.83. The van der Waals surface area contributed by atoms with Crippen molar-refractivity contribution in [2.24, 2.45) is 0 Å². The lowest BCUT2D eigenvalue weighted by molar-refractivity contribution is -0.135. The minimum Gasteiger partial charge on any atom is -0.426 e. The Morgan fingerprint density at radius 1 is 1.08 bits per heavy atom. The van der Waals surface area contributed by atoms with Crippen molar-refractivity contribution in [3.63, 3.8) is 0 Å². The molecule has 0 aliphatic carbocycles. The van der Waals surface area contributed by atoms with Crippen LogP contribution in [-0.2, 0) is 9.59 Å². The Hall–Kier alpha value is -2.31. The van der Waals surface area contributed by atoms with Gasteiger partial charge in [0.05, 0.1) is 17.4 Å². The van der Waals surface area contributed by atoms with Crippen LogP contribution in [0.5, 0.6) is 5.75 Å². The molecule has 1 amide bonds. The second-order valence-electron chi connectivity index (χ2n) is 5.92. The highest BCUT2D eigenvalue weighted by Gasteiger charge is 2.29. The first kappa shape index (κ1) is 17.1. The van der Waals surface area contributed by atoms with Crippen molar-refractivity contribution in [2.45, 2.75) is 16.6 Å². The number of amides is 1. The molecular formula is C20H14BrNO3S. The van der Waals surface area contributed by atoms with E-state index in [9.17, 15) is 9.59 Å². The molecule has 0 saturated carbocycles. The third-order valence-electron chi connectivity index (χ3n) is 4.06. The van der Waals surface area contributed by atoms with Gasteiger partial charge in [0, 0.05) is 9.37 Å². The van der Waals surface area contributed by atoms with Crippen molar-refractivity contribution in [2.75, 3.05) is 5.32 Å². The van der Waals surface area contributed by atoms with Gasteiger partial charge in [-0.3, -0.25) is 9.59 Å². The van der Waals surface area contributed by atoms with E-state index in [0.29, 0.717) is 5.75 Å². The molecule has 3 aromatic carbocycles. The lowest BCUT2D eigenvalue weighted by Gasteiger charge is -2.23. The lowest BCUT2D eigenvalue weighted by atomic mass is 10.1. The van der Waals surface area contributed by atoms with Gasteiger partial charge < -0.3 is 10.1 Å². The summed E-state index contributed by atoms with van der Waals surface area (Å²) in [4.78, 5) is 25.5. The monoisotopic (exact) mass is 427 g/mol. The molecule has 1 aliphatic heterocycles. The summed E-state index contributed by atoms with van der Waals surface area (Å²) in [6.07, 6.45) is 0.0171. The predicted molar refractivity (Wildman–Crippen MR) is 107 cm³/mol. The summed E-state index contributed by atoms with van der Waals surface area (Å²) in [5.74, 6) is -0.117. The molecule has 0 saturated heterocycles. The number of fused-ring (bicyclic) bond motifs is 2. The second kappa shape index (κ2) is 7.13. The van der Waals surface area contributed by atoms with E-state index in [1.54, 1.807) is 6.07 Å². The predicted octanol–water partition coefficient (Wildman–Crippen LogP) is 5.01. The maximum absolute atomic E-state index is 12.3. The smallest absolute Gasteiger partial charge is 0.312 e. The Morgan fingerprint density at radius 2 is 1.85 bits per heavy atom. The zero-order valence-electron chi connectivity index (χ0n) is 13.6. The topological polar surface area (TPSA) is 55.4 Å². The van der Waals surface area contributed by atoms with Crippen LogP contribution in [0.25, 0.3) is 10.8 Å². The SMILES string of the molecule is O=C(CC1Sc2ccccc2NC1=O)Oc1ccc2cc(Br)ccc2c1. The molecule has 3 aromatic rings. The molecule has 1 atom stereocenters. The third kappa shape index (κ3) is 3.61. The number of thioether (sulfide) groups is 1. The van der Waals surface area contributed by atoms with Crippen LogP contribution in [0.15, 0.2) is 70.0 Å². The highest BCUT2D eigenvalue weighted by molar-refractivity contribution is 9.10. The van der Waals surface area contributed by atoms with Crippen molar-refractivity contribution in [3.8, 4) is 5.75 Å². The summed E-state index contributed by atoms with van der Waals surface area (Å²) in [5.41, 5.74) is 0.785. The molecule has 4 rings (SSSR count). The summed E-state index contributed by atoms with van der Waals surface area (Å²) in [5, 5.41) is 4.38. The van der Waals surface area contributed by atoms with E-state index >= 15 is 0 Å². The first-order valence-corrected chi connectivity index (χ1v) is 9.72. The largest absolute Gasteiger partial charge is 0.426 e. The van der Waals surface area contributed by atoms with Crippen LogP contribution in [0.2, 0.25) is 0 Å². The first-order valence-electron chi connectivity index (χ1n) is 8.05. The number of benzene rings is 3. The number of carbonyl (C=O) groups is 2. The van der Waals surface area contributed by atoms with Crippen LogP contribution in [0.3, 0.4) is 0 Å². The van der Waals surface area contributed by atoms with Crippen LogP contribution in [0.4, 0.5) is 5.69 Å². The number of para-hydroxylation sites is 1. The molecule has 0 spiro atoms. The maximum atomic E-state index is 12.3. The van der Waals surface area contributed by atoms with Crippen molar-refractivity contribution in [1.29, 1.82) is 0 Å². The van der Waals surface area contributed by atoms with Gasteiger partial charge in [-0.25, -0.2) is 0 Å². The Balaban J connectivity index is 1.46. The van der Waals surface area contributed by atoms with Crippen molar-refractivity contribution in [3.05, 3.63) is 65.1 Å². The van der Waals surface area contributed by atoms with E-state index in [1.165, 1.54) is 11.8 Å². The van der Waals surface area contributed by atoms with E-state index in [-0.39, 0.29) is 12.3 Å². The molecule has 1 N–H and O–H groups in total. The van der Waals surface area contributed by atoms with Crippen LogP contribution in [0, 0.1) is 0 Å². The van der Waals surface area contributed by atoms with Crippen LogP contribution in [-0.4, -0.2) is 17.1 Å². The number of hydrogen-bond acceptors (Lipinski definition) is 4. The average molecular weight is 428 g/mol. The molecule has 26 heavy (non-hydrogen) atoms. The molecular weight excluding hydrogens is 414 g/mol. The standard InChI is InChI=1S/C20H14BrNO3S/c21-14-7-5-13-10-15(8-6-12(13)9-14)25-19(23)11-18-20(24)22-16-3-1-2-4-17(16)26-18/h1-10,18H,11H2,(H,22,24). The van der Waals surface area contributed by atoms with Gasteiger partial charge in [-0.1, -0.05) is 40.2 Å². The highest BCUT2D eigenvalue weighted by Crippen LogP contribution is 2.36. The summed E-state index contributed by atoms with van der Waals surface area (Å²) < 4.78 is 6.44. The first-order chi connectivity index (χ1) is 12.6. The van der Waals surface area contributed by atoms with Gasteiger partial charge >= 0.3 is 5.97 Å². The van der Waals surface area contributed by atoms with Crippen LogP contribution < -0.4 is 10.1 Å². The van der Waals surface area contributed by atoms with Crippen molar-refractivity contribution >= 4 is 56.0 Å². The quantitative estimate of drug-likeness (QED) is 0.471. The number of rotatable bonds is 3. The summed E-state index contributed by atoms with van der Waals surface area (Å²) in [6, 6.07) is 18.9. The van der Waals surface area contributed by atoms with Gasteiger partial charge in [-0.05, 0) is 47.2 Å². The minimum absolute atomic E-state index is 0.0171. The zero-order chi connectivity index (χ0) is 18.1. The van der Waals surface area contributed by atoms with Crippen molar-refractivity contribution in [1.82, 2.24) is 0 Å². The van der Waals surface area contributed by atoms with E-state index in [2.05, 4.69) is 21.2 Å². The molecule has 0 bridgehead atoms. The fraction of sp³-hybridized carbons (Fsp3) is 0.100. The lowest BCUT2D eigenvalue weighted by Crippen LogP contribution is -2.31. The highest BCUT2D eigenvalue weighted by atomic mass is 79.9. The van der Waals surface area contributed by atoms with Gasteiger partial charge in [0.25, 0.3) is 0 Å². The number of anilines is 1. The number of halogens is 1. The van der Waals surface area contributed by atoms with Gasteiger partial charge in [-0.2, -0.15) is 0 Å². The molecule has 6 heteroatoms. The number of carbonyl (C=O) groups excluding carboxylic acids is 2. The fourth-order valence-corrected chi connectivity index (χ4v) is 4.28. The zero-order valence-corrected chi connectivity index (χ0v) is 16.0. The van der Waals surface area contributed by atoms with Crippen LogP contribution >= 0.6 is 27.7 Å². The minimum atomic E-state index is -0.492. The Kier molecular flexibility index (Phi) is 4.70. The summed E-state index contributed by atoms with van der Waals surface area (Å²) in [6.45, 7) is 0. The number of nitrogens with one attached hydrogen (secondary N) is 1. The molecule has 1 aliphatic rings. The molecule has 1 heterocycles. The molecule has 130 valence electrons. The number of hydrogen-bond donors (Lipinski definition) is 1. The van der Waals surface area contributed by atoms with E-state index < -0.39 is 11.2 Å². The molecule has 0 fully saturated rings. The van der Waals surface area contributed by atoms with E-state index in [1.807, 2.05) is 54.6 Å². The fourth-order valence-electron chi connectivity index (χ4n) is 2.81. The average Bonchev–Trinajstić information content (AvgIpc) is 2.62. The normalized spacial score (nSPS) is 16.0. The van der Waals surface area contributed by atoms with Gasteiger partial charge in [0.15, 0.2) is 0 Å².